The molecular weight excluding hydrogens is 380 g/mol. The molecule has 0 spiro atoms. The molecule has 3 amide bonds. The van der Waals surface area contributed by atoms with E-state index in [1.54, 1.807) is 37.3 Å². The molecule has 7 heteroatoms. The van der Waals surface area contributed by atoms with Gasteiger partial charge in [0.2, 0.25) is 5.91 Å². The van der Waals surface area contributed by atoms with Gasteiger partial charge < -0.3 is 5.32 Å². The van der Waals surface area contributed by atoms with Crippen LogP contribution in [0.15, 0.2) is 65.8 Å². The number of nitrogens with zero attached hydrogens (tertiary/aromatic N) is 2. The van der Waals surface area contributed by atoms with Crippen molar-refractivity contribution in [1.82, 2.24) is 5.43 Å². The van der Waals surface area contributed by atoms with Gasteiger partial charge in [0, 0.05) is 23.6 Å². The van der Waals surface area contributed by atoms with Crippen molar-refractivity contribution in [2.75, 3.05) is 16.8 Å². The zero-order valence-electron chi connectivity index (χ0n) is 16.6. The van der Waals surface area contributed by atoms with Crippen molar-refractivity contribution < 1.29 is 14.4 Å². The van der Waals surface area contributed by atoms with Crippen molar-refractivity contribution in [2.45, 2.75) is 13.8 Å². The van der Waals surface area contributed by atoms with Crippen LogP contribution in [0.2, 0.25) is 0 Å². The summed E-state index contributed by atoms with van der Waals surface area (Å²) in [6.45, 7) is 3.09. The van der Waals surface area contributed by atoms with E-state index in [2.05, 4.69) is 15.8 Å². The maximum Gasteiger partial charge on any atom is 0.260 e. The maximum absolute atomic E-state index is 12.8. The van der Waals surface area contributed by atoms with Crippen LogP contribution < -0.4 is 15.6 Å². The molecule has 1 aliphatic heterocycles. The minimum absolute atomic E-state index is 0.120. The average molecular weight is 400 g/mol. The zero-order valence-corrected chi connectivity index (χ0v) is 16.6. The number of hydrazone groups is 1. The average Bonchev–Trinajstić information content (AvgIpc) is 3.00. The zero-order chi connectivity index (χ0) is 21.3. The molecule has 0 aliphatic carbocycles. The molecule has 3 aromatic carbocycles. The smallest absolute Gasteiger partial charge is 0.260 e. The number of carbonyl (C=O) groups is 3. The van der Waals surface area contributed by atoms with Crippen LogP contribution in [0, 0.1) is 0 Å². The van der Waals surface area contributed by atoms with E-state index in [1.165, 1.54) is 11.8 Å². The SMILES string of the molecule is CC(=O)Nc1ccc(/C(C)=N/NC(=O)CN2C(=O)c3cccc4cccc2c34)cc1. The summed E-state index contributed by atoms with van der Waals surface area (Å²) in [6.07, 6.45) is 0. The van der Waals surface area contributed by atoms with Crippen molar-refractivity contribution in [3.63, 3.8) is 0 Å². The molecule has 0 saturated carbocycles. The van der Waals surface area contributed by atoms with Crippen LogP contribution in [-0.2, 0) is 9.59 Å². The Labute approximate surface area is 173 Å². The third-order valence-electron chi connectivity index (χ3n) is 4.92. The topological polar surface area (TPSA) is 90.9 Å². The maximum atomic E-state index is 12.8. The highest BCUT2D eigenvalue weighted by Crippen LogP contribution is 2.36. The number of hydrogen-bond acceptors (Lipinski definition) is 4. The summed E-state index contributed by atoms with van der Waals surface area (Å²) in [6, 6.07) is 18.4. The number of nitrogens with one attached hydrogen (secondary N) is 2. The molecule has 150 valence electrons. The van der Waals surface area contributed by atoms with Gasteiger partial charge in [-0.3, -0.25) is 19.3 Å². The van der Waals surface area contributed by atoms with Gasteiger partial charge in [0.15, 0.2) is 0 Å². The Morgan fingerprint density at radius 2 is 1.67 bits per heavy atom. The predicted molar refractivity (Wildman–Crippen MR) is 117 cm³/mol. The van der Waals surface area contributed by atoms with Gasteiger partial charge in [0.25, 0.3) is 11.8 Å². The normalized spacial score (nSPS) is 12.9. The summed E-state index contributed by atoms with van der Waals surface area (Å²) in [5.74, 6) is -0.719. The number of anilines is 2. The third-order valence-corrected chi connectivity index (χ3v) is 4.92. The van der Waals surface area contributed by atoms with Crippen molar-refractivity contribution in [3.8, 4) is 0 Å². The van der Waals surface area contributed by atoms with Gasteiger partial charge in [-0.25, -0.2) is 5.43 Å². The van der Waals surface area contributed by atoms with Gasteiger partial charge in [0.05, 0.1) is 11.4 Å². The van der Waals surface area contributed by atoms with Gasteiger partial charge in [0.1, 0.15) is 6.54 Å². The summed E-state index contributed by atoms with van der Waals surface area (Å²) in [5, 5.41) is 8.68. The van der Waals surface area contributed by atoms with E-state index in [0.717, 1.165) is 22.0 Å². The van der Waals surface area contributed by atoms with Gasteiger partial charge in [-0.05, 0) is 42.1 Å². The Bertz CT molecular complexity index is 1190. The molecule has 1 aliphatic rings. The van der Waals surface area contributed by atoms with E-state index >= 15 is 0 Å². The highest BCUT2D eigenvalue weighted by atomic mass is 16.2. The van der Waals surface area contributed by atoms with Crippen molar-refractivity contribution >= 4 is 45.6 Å². The Balaban J connectivity index is 1.45. The van der Waals surface area contributed by atoms with Crippen LogP contribution in [0.3, 0.4) is 0 Å². The number of carbonyl (C=O) groups excluding carboxylic acids is 3. The van der Waals surface area contributed by atoms with E-state index in [9.17, 15) is 14.4 Å². The van der Waals surface area contributed by atoms with Crippen molar-refractivity contribution in [3.05, 3.63) is 71.8 Å². The fourth-order valence-electron chi connectivity index (χ4n) is 3.52. The lowest BCUT2D eigenvalue weighted by Gasteiger charge is -2.16. The number of rotatable bonds is 5. The highest BCUT2D eigenvalue weighted by Gasteiger charge is 2.30. The molecular formula is C23H20N4O3. The molecule has 30 heavy (non-hydrogen) atoms. The van der Waals surface area contributed by atoms with Crippen LogP contribution >= 0.6 is 0 Å². The Morgan fingerprint density at radius 3 is 2.37 bits per heavy atom. The largest absolute Gasteiger partial charge is 0.326 e. The molecule has 2 N–H and O–H groups in total. The molecule has 7 nitrogen and oxygen atoms in total. The molecule has 4 rings (SSSR count). The minimum Gasteiger partial charge on any atom is -0.326 e. The summed E-state index contributed by atoms with van der Waals surface area (Å²) in [7, 11) is 0. The lowest BCUT2D eigenvalue weighted by Crippen LogP contribution is -2.37. The van der Waals surface area contributed by atoms with Gasteiger partial charge in [-0.1, -0.05) is 36.4 Å². The first-order valence-electron chi connectivity index (χ1n) is 9.49. The van der Waals surface area contributed by atoms with Crippen LogP contribution in [-0.4, -0.2) is 30.0 Å². The van der Waals surface area contributed by atoms with Gasteiger partial charge in [-0.15, -0.1) is 0 Å². The molecule has 0 unspecified atom stereocenters. The van der Waals surface area contributed by atoms with Gasteiger partial charge >= 0.3 is 0 Å². The first-order valence-corrected chi connectivity index (χ1v) is 9.49. The van der Waals surface area contributed by atoms with Crippen LogP contribution in [0.5, 0.6) is 0 Å². The van der Waals surface area contributed by atoms with Crippen molar-refractivity contribution in [2.24, 2.45) is 5.10 Å². The predicted octanol–water partition coefficient (Wildman–Crippen LogP) is 3.30. The second-order valence-corrected chi connectivity index (χ2v) is 7.06. The molecule has 3 aromatic rings. The molecule has 0 radical (unpaired) electrons. The van der Waals surface area contributed by atoms with Crippen LogP contribution in [0.1, 0.15) is 29.8 Å². The highest BCUT2D eigenvalue weighted by molar-refractivity contribution is 6.26. The van der Waals surface area contributed by atoms with E-state index in [-0.39, 0.29) is 24.3 Å². The Morgan fingerprint density at radius 1 is 0.967 bits per heavy atom. The number of amides is 3. The number of benzene rings is 3. The first kappa shape index (κ1) is 19.3. The summed E-state index contributed by atoms with van der Waals surface area (Å²) < 4.78 is 0. The van der Waals surface area contributed by atoms with E-state index in [4.69, 9.17) is 0 Å². The molecule has 0 fully saturated rings. The summed E-state index contributed by atoms with van der Waals surface area (Å²) in [4.78, 5) is 37.8. The number of hydrogen-bond donors (Lipinski definition) is 2. The van der Waals surface area contributed by atoms with E-state index in [1.807, 2.05) is 30.3 Å². The van der Waals surface area contributed by atoms with Crippen LogP contribution in [0.4, 0.5) is 11.4 Å². The van der Waals surface area contributed by atoms with E-state index < -0.39 is 0 Å². The Hall–Kier alpha value is -4.00. The fraction of sp³-hybridized carbons (Fsp3) is 0.130. The molecule has 0 aromatic heterocycles. The first-order chi connectivity index (χ1) is 14.4. The third kappa shape index (κ3) is 3.65. The molecule has 1 heterocycles. The second kappa shape index (κ2) is 7.79. The van der Waals surface area contributed by atoms with Gasteiger partial charge in [-0.2, -0.15) is 5.10 Å². The molecule has 0 saturated heterocycles. The quantitative estimate of drug-likeness (QED) is 0.509. The molecule has 0 atom stereocenters. The fourth-order valence-corrected chi connectivity index (χ4v) is 3.52. The minimum atomic E-state index is -0.387. The lowest BCUT2D eigenvalue weighted by molar-refractivity contribution is -0.119. The lowest BCUT2D eigenvalue weighted by atomic mass is 10.1. The molecule has 0 bridgehead atoms. The Kier molecular flexibility index (Phi) is 5.02. The van der Waals surface area contributed by atoms with E-state index in [0.29, 0.717) is 17.0 Å². The monoisotopic (exact) mass is 400 g/mol. The summed E-state index contributed by atoms with van der Waals surface area (Å²) in [5.41, 5.74) is 5.96. The second-order valence-electron chi connectivity index (χ2n) is 7.06. The standard InChI is InChI=1S/C23H20N4O3/c1-14(16-9-11-18(12-10-16)24-15(2)28)25-26-21(29)13-27-20-8-4-6-17-5-3-7-19(22(17)20)23(27)30/h3-12H,13H2,1-2H3,(H,24,28)(H,26,29)/b25-14+. The van der Waals surface area contributed by atoms with Crippen LogP contribution in [0.25, 0.3) is 10.8 Å². The summed E-state index contributed by atoms with van der Waals surface area (Å²) >= 11 is 0. The van der Waals surface area contributed by atoms with Crippen molar-refractivity contribution in [1.29, 1.82) is 0 Å².